The Balaban J connectivity index is 1.74. The number of thiazole rings is 1. The summed E-state index contributed by atoms with van der Waals surface area (Å²) in [6.45, 7) is 0. The van der Waals surface area contributed by atoms with E-state index in [2.05, 4.69) is 77.3 Å². The van der Waals surface area contributed by atoms with Gasteiger partial charge in [-0.05, 0) is 29.0 Å². The number of imidazole rings is 1. The molecule has 5 aromatic rings. The second kappa shape index (κ2) is 4.42. The van der Waals surface area contributed by atoms with E-state index >= 15 is 0 Å². The first-order chi connectivity index (χ1) is 10.9. The number of hydrogen-bond acceptors (Lipinski definition) is 2. The van der Waals surface area contributed by atoms with Gasteiger partial charge >= 0.3 is 0 Å². The number of nitrogens with zero attached hydrogens (tertiary/aromatic N) is 2. The first-order valence-corrected chi connectivity index (χ1v) is 8.06. The van der Waals surface area contributed by atoms with Crippen molar-refractivity contribution >= 4 is 37.3 Å². The minimum Gasteiger partial charge on any atom is -0.290 e. The van der Waals surface area contributed by atoms with Crippen molar-refractivity contribution in [1.82, 2.24) is 9.38 Å². The lowest BCUT2D eigenvalue weighted by Gasteiger charge is -2.00. The van der Waals surface area contributed by atoms with Crippen molar-refractivity contribution < 1.29 is 0 Å². The number of rotatable bonds is 1. The molecule has 2 heterocycles. The molecule has 0 saturated carbocycles. The number of para-hydroxylation sites is 1. The van der Waals surface area contributed by atoms with Crippen LogP contribution in [-0.4, -0.2) is 9.38 Å². The summed E-state index contributed by atoms with van der Waals surface area (Å²) in [6.07, 6.45) is 2.14. The first kappa shape index (κ1) is 12.0. The third-order valence-corrected chi connectivity index (χ3v) is 5.08. The number of hydrogen-bond donors (Lipinski definition) is 0. The predicted molar refractivity (Wildman–Crippen MR) is 93.5 cm³/mol. The quantitative estimate of drug-likeness (QED) is 0.407. The zero-order chi connectivity index (χ0) is 14.5. The van der Waals surface area contributed by atoms with Crippen molar-refractivity contribution in [3.05, 3.63) is 72.9 Å². The van der Waals surface area contributed by atoms with E-state index in [9.17, 15) is 0 Å². The standard InChI is InChI=1S/C19H12N2S/c1-2-6-14-11-15(10-9-13(14)5-1)16-12-21-17-7-3-4-8-18(17)22-19(21)20-16/h1-12H. The monoisotopic (exact) mass is 300 g/mol. The molecule has 0 atom stereocenters. The van der Waals surface area contributed by atoms with Crippen LogP contribution in [0.3, 0.4) is 0 Å². The van der Waals surface area contributed by atoms with Crippen molar-refractivity contribution in [2.24, 2.45) is 0 Å². The van der Waals surface area contributed by atoms with Crippen LogP contribution in [0.1, 0.15) is 0 Å². The van der Waals surface area contributed by atoms with E-state index in [4.69, 9.17) is 4.98 Å². The van der Waals surface area contributed by atoms with Crippen molar-refractivity contribution in [3.63, 3.8) is 0 Å². The topological polar surface area (TPSA) is 17.3 Å². The van der Waals surface area contributed by atoms with Gasteiger partial charge in [-0.15, -0.1) is 0 Å². The normalized spacial score (nSPS) is 11.6. The maximum absolute atomic E-state index is 4.81. The van der Waals surface area contributed by atoms with Gasteiger partial charge in [-0.25, -0.2) is 4.98 Å². The summed E-state index contributed by atoms with van der Waals surface area (Å²) in [7, 11) is 0. The largest absolute Gasteiger partial charge is 0.290 e. The van der Waals surface area contributed by atoms with E-state index in [1.807, 2.05) is 0 Å². The Morgan fingerprint density at radius 2 is 1.64 bits per heavy atom. The summed E-state index contributed by atoms with van der Waals surface area (Å²) in [5, 5.41) is 2.51. The van der Waals surface area contributed by atoms with Gasteiger partial charge in [0.2, 0.25) is 0 Å². The van der Waals surface area contributed by atoms with Crippen molar-refractivity contribution in [1.29, 1.82) is 0 Å². The van der Waals surface area contributed by atoms with Gasteiger partial charge in [0.05, 0.1) is 15.9 Å². The van der Waals surface area contributed by atoms with Crippen LogP contribution in [0.5, 0.6) is 0 Å². The molecule has 2 aromatic heterocycles. The summed E-state index contributed by atoms with van der Waals surface area (Å²) in [5.74, 6) is 0. The average Bonchev–Trinajstić information content (AvgIpc) is 3.12. The molecule has 2 nitrogen and oxygen atoms in total. The highest BCUT2D eigenvalue weighted by Crippen LogP contribution is 2.30. The number of fused-ring (bicyclic) bond motifs is 4. The molecule has 0 bridgehead atoms. The summed E-state index contributed by atoms with van der Waals surface area (Å²) in [5.41, 5.74) is 3.42. The fraction of sp³-hybridized carbons (Fsp3) is 0. The molecule has 0 fully saturated rings. The summed E-state index contributed by atoms with van der Waals surface area (Å²) in [4.78, 5) is 5.85. The van der Waals surface area contributed by atoms with E-state index < -0.39 is 0 Å². The smallest absolute Gasteiger partial charge is 0.195 e. The molecule has 0 aliphatic rings. The Morgan fingerprint density at radius 1 is 0.818 bits per heavy atom. The molecule has 0 N–H and O–H groups in total. The molecule has 0 radical (unpaired) electrons. The van der Waals surface area contributed by atoms with Crippen LogP contribution in [0.2, 0.25) is 0 Å². The molecular formula is C19H12N2S. The lowest BCUT2D eigenvalue weighted by molar-refractivity contribution is 1.30. The SMILES string of the molecule is c1ccc2cc(-c3cn4c(n3)sc3ccccc34)ccc2c1. The van der Waals surface area contributed by atoms with E-state index in [0.29, 0.717) is 0 Å². The second-order valence-electron chi connectivity index (χ2n) is 5.41. The van der Waals surface area contributed by atoms with Crippen LogP contribution < -0.4 is 0 Å². The minimum absolute atomic E-state index is 1.03. The highest BCUT2D eigenvalue weighted by Gasteiger charge is 2.10. The molecule has 0 aliphatic carbocycles. The molecule has 0 saturated heterocycles. The lowest BCUT2D eigenvalue weighted by atomic mass is 10.1. The Kier molecular flexibility index (Phi) is 2.40. The zero-order valence-corrected chi connectivity index (χ0v) is 12.5. The van der Waals surface area contributed by atoms with E-state index in [1.54, 1.807) is 11.3 Å². The van der Waals surface area contributed by atoms with Gasteiger partial charge in [0.15, 0.2) is 4.96 Å². The van der Waals surface area contributed by atoms with Crippen molar-refractivity contribution in [3.8, 4) is 11.3 Å². The maximum atomic E-state index is 4.81. The molecule has 22 heavy (non-hydrogen) atoms. The molecular weight excluding hydrogens is 288 g/mol. The van der Waals surface area contributed by atoms with Gasteiger partial charge in [-0.2, -0.15) is 0 Å². The van der Waals surface area contributed by atoms with Gasteiger partial charge in [0, 0.05) is 11.8 Å². The van der Waals surface area contributed by atoms with Crippen LogP contribution in [0.25, 0.3) is 37.2 Å². The number of benzene rings is 3. The van der Waals surface area contributed by atoms with E-state index in [0.717, 1.165) is 10.7 Å². The molecule has 104 valence electrons. The average molecular weight is 300 g/mol. The van der Waals surface area contributed by atoms with Gasteiger partial charge in [-0.3, -0.25) is 4.40 Å². The van der Waals surface area contributed by atoms with Crippen LogP contribution in [-0.2, 0) is 0 Å². The van der Waals surface area contributed by atoms with Gasteiger partial charge in [-0.1, -0.05) is 59.9 Å². The fourth-order valence-corrected chi connectivity index (χ4v) is 3.94. The Bertz CT molecular complexity index is 1130. The predicted octanol–water partition coefficient (Wildman–Crippen LogP) is 5.37. The lowest BCUT2D eigenvalue weighted by Crippen LogP contribution is -1.79. The highest BCUT2D eigenvalue weighted by atomic mass is 32.1. The zero-order valence-electron chi connectivity index (χ0n) is 11.7. The van der Waals surface area contributed by atoms with E-state index in [-0.39, 0.29) is 0 Å². The van der Waals surface area contributed by atoms with Gasteiger partial charge < -0.3 is 0 Å². The number of aromatic nitrogens is 2. The molecule has 3 aromatic carbocycles. The summed E-state index contributed by atoms with van der Waals surface area (Å²) < 4.78 is 3.46. The van der Waals surface area contributed by atoms with Crippen LogP contribution >= 0.6 is 11.3 Å². The van der Waals surface area contributed by atoms with Crippen LogP contribution in [0.15, 0.2) is 72.9 Å². The maximum Gasteiger partial charge on any atom is 0.195 e. The Labute approximate surface area is 131 Å². The van der Waals surface area contributed by atoms with Crippen molar-refractivity contribution in [2.45, 2.75) is 0 Å². The minimum atomic E-state index is 1.03. The molecule has 5 rings (SSSR count). The van der Waals surface area contributed by atoms with Crippen LogP contribution in [0.4, 0.5) is 0 Å². The van der Waals surface area contributed by atoms with Crippen molar-refractivity contribution in [2.75, 3.05) is 0 Å². The molecule has 0 spiro atoms. The summed E-state index contributed by atoms with van der Waals surface area (Å²) in [6, 6.07) is 23.4. The Morgan fingerprint density at radius 3 is 2.59 bits per heavy atom. The molecule has 0 aliphatic heterocycles. The second-order valence-corrected chi connectivity index (χ2v) is 6.42. The fourth-order valence-electron chi connectivity index (χ4n) is 2.94. The van der Waals surface area contributed by atoms with E-state index in [1.165, 1.54) is 26.6 Å². The van der Waals surface area contributed by atoms with Gasteiger partial charge in [0.25, 0.3) is 0 Å². The highest BCUT2D eigenvalue weighted by molar-refractivity contribution is 7.23. The Hall–Kier alpha value is -2.65. The molecule has 0 unspecified atom stereocenters. The molecule has 0 amide bonds. The first-order valence-electron chi connectivity index (χ1n) is 7.24. The summed E-state index contributed by atoms with van der Waals surface area (Å²) >= 11 is 1.73. The molecule has 3 heteroatoms. The third-order valence-electron chi connectivity index (χ3n) is 4.04. The van der Waals surface area contributed by atoms with Gasteiger partial charge in [0.1, 0.15) is 0 Å². The van der Waals surface area contributed by atoms with Crippen LogP contribution in [0, 0.1) is 0 Å². The third kappa shape index (κ3) is 1.69.